The van der Waals surface area contributed by atoms with Crippen LogP contribution in [-0.4, -0.2) is 23.8 Å². The van der Waals surface area contributed by atoms with E-state index in [4.69, 9.17) is 16.0 Å². The van der Waals surface area contributed by atoms with Gasteiger partial charge in [-0.05, 0) is 42.5 Å². The van der Waals surface area contributed by atoms with E-state index in [1.54, 1.807) is 31.3 Å². The van der Waals surface area contributed by atoms with Crippen LogP contribution < -0.4 is 4.90 Å². The van der Waals surface area contributed by atoms with Crippen molar-refractivity contribution < 1.29 is 19.1 Å². The number of likely N-dealkylation sites (N-methyl/N-ethyl adjacent to an activating group) is 1. The lowest BCUT2D eigenvalue weighted by molar-refractivity contribution is -0.140. The number of amides is 1. The van der Waals surface area contributed by atoms with Crippen molar-refractivity contribution in [3.8, 4) is 0 Å². The first-order valence-corrected chi connectivity index (χ1v) is 7.34. The fourth-order valence-corrected chi connectivity index (χ4v) is 2.85. The largest absolute Gasteiger partial charge is 0.465 e. The molecule has 1 aliphatic heterocycles. The van der Waals surface area contributed by atoms with Crippen molar-refractivity contribution >= 4 is 35.1 Å². The minimum Gasteiger partial charge on any atom is -0.465 e. The lowest BCUT2D eigenvalue weighted by atomic mass is 9.90. The number of nitrogens with zero attached hydrogens (tertiary/aromatic N) is 1. The van der Waals surface area contributed by atoms with Crippen molar-refractivity contribution in [3.05, 3.63) is 59.0 Å². The molecule has 2 aromatic rings. The monoisotopic (exact) mass is 331 g/mol. The number of fused-ring (bicyclic) bond motifs is 1. The van der Waals surface area contributed by atoms with Gasteiger partial charge in [0.25, 0.3) is 5.91 Å². The molecule has 118 valence electrons. The SMILES string of the molecule is CN1C(=O)[C@@](O)(CC(=O)/C=C/c2ccco2)c2cc(Cl)ccc21. The van der Waals surface area contributed by atoms with E-state index in [1.807, 2.05) is 0 Å². The Morgan fingerprint density at radius 2 is 2.22 bits per heavy atom. The molecule has 2 heterocycles. The Labute approximate surface area is 137 Å². The van der Waals surface area contributed by atoms with Gasteiger partial charge in [0, 0.05) is 17.6 Å². The highest BCUT2D eigenvalue weighted by atomic mass is 35.5. The molecule has 3 rings (SSSR count). The average molecular weight is 332 g/mol. The van der Waals surface area contributed by atoms with Crippen LogP contribution in [0.5, 0.6) is 0 Å². The first-order chi connectivity index (χ1) is 10.9. The van der Waals surface area contributed by atoms with E-state index >= 15 is 0 Å². The predicted octanol–water partition coefficient (Wildman–Crippen LogP) is 2.77. The van der Waals surface area contributed by atoms with Gasteiger partial charge in [0.05, 0.1) is 18.4 Å². The third-order valence-electron chi connectivity index (χ3n) is 3.83. The quantitative estimate of drug-likeness (QED) is 0.874. The van der Waals surface area contributed by atoms with E-state index in [0.29, 0.717) is 22.0 Å². The second-order valence-corrected chi connectivity index (χ2v) is 5.81. The molecule has 5 nitrogen and oxygen atoms in total. The van der Waals surface area contributed by atoms with Crippen LogP contribution in [0.4, 0.5) is 5.69 Å². The summed E-state index contributed by atoms with van der Waals surface area (Å²) in [5.41, 5.74) is -1.01. The third-order valence-corrected chi connectivity index (χ3v) is 4.07. The summed E-state index contributed by atoms with van der Waals surface area (Å²) in [5.74, 6) is -0.420. The Bertz CT molecular complexity index is 797. The van der Waals surface area contributed by atoms with Gasteiger partial charge in [0.15, 0.2) is 11.4 Å². The summed E-state index contributed by atoms with van der Waals surface area (Å²) in [6.07, 6.45) is 3.91. The third kappa shape index (κ3) is 2.69. The van der Waals surface area contributed by atoms with Crippen molar-refractivity contribution in [1.29, 1.82) is 0 Å². The highest BCUT2D eigenvalue weighted by Gasteiger charge is 2.49. The molecule has 1 aromatic carbocycles. The highest BCUT2D eigenvalue weighted by molar-refractivity contribution is 6.31. The number of hydrogen-bond donors (Lipinski definition) is 1. The normalized spacial score (nSPS) is 20.3. The van der Waals surface area contributed by atoms with Crippen LogP contribution in [0.25, 0.3) is 6.08 Å². The summed E-state index contributed by atoms with van der Waals surface area (Å²) >= 11 is 5.96. The summed E-state index contributed by atoms with van der Waals surface area (Å²) in [4.78, 5) is 25.9. The number of hydrogen-bond acceptors (Lipinski definition) is 4. The van der Waals surface area contributed by atoms with Crippen LogP contribution in [0.1, 0.15) is 17.7 Å². The molecule has 0 radical (unpaired) electrons. The van der Waals surface area contributed by atoms with E-state index in [0.717, 1.165) is 0 Å². The maximum absolute atomic E-state index is 12.4. The van der Waals surface area contributed by atoms with E-state index in [1.165, 1.54) is 29.4 Å². The van der Waals surface area contributed by atoms with Crippen LogP contribution in [0.3, 0.4) is 0 Å². The maximum Gasteiger partial charge on any atom is 0.263 e. The number of ketones is 1. The molecule has 0 spiro atoms. The van der Waals surface area contributed by atoms with Crippen molar-refractivity contribution in [2.24, 2.45) is 0 Å². The van der Waals surface area contributed by atoms with Gasteiger partial charge in [-0.25, -0.2) is 0 Å². The molecule has 1 atom stereocenters. The number of carbonyl (C=O) groups is 2. The number of halogens is 1. The first-order valence-electron chi connectivity index (χ1n) is 6.97. The van der Waals surface area contributed by atoms with Crippen LogP contribution in [0.2, 0.25) is 5.02 Å². The topological polar surface area (TPSA) is 70.8 Å². The second kappa shape index (κ2) is 5.68. The second-order valence-electron chi connectivity index (χ2n) is 5.38. The number of furan rings is 1. The molecule has 0 unspecified atom stereocenters. The first kappa shape index (κ1) is 15.5. The summed E-state index contributed by atoms with van der Waals surface area (Å²) < 4.78 is 5.10. The van der Waals surface area contributed by atoms with Gasteiger partial charge in [-0.15, -0.1) is 0 Å². The van der Waals surface area contributed by atoms with Crippen molar-refractivity contribution in [2.75, 3.05) is 11.9 Å². The zero-order valence-electron chi connectivity index (χ0n) is 12.3. The van der Waals surface area contributed by atoms with Crippen molar-refractivity contribution in [2.45, 2.75) is 12.0 Å². The summed E-state index contributed by atoms with van der Waals surface area (Å²) in [5, 5.41) is 11.2. The standard InChI is InChI=1S/C17H14ClNO4/c1-19-15-7-4-11(18)9-14(15)17(22,16(19)21)10-12(20)5-6-13-3-2-8-23-13/h2-9,22H,10H2,1H3/b6-5+/t17-/m1/s1. The van der Waals surface area contributed by atoms with E-state index in [9.17, 15) is 14.7 Å². The fourth-order valence-electron chi connectivity index (χ4n) is 2.68. The lowest BCUT2D eigenvalue weighted by Gasteiger charge is -2.20. The number of anilines is 1. The predicted molar refractivity (Wildman–Crippen MR) is 86.1 cm³/mol. The number of benzene rings is 1. The molecule has 1 N–H and O–H groups in total. The molecule has 0 saturated heterocycles. The van der Waals surface area contributed by atoms with Crippen LogP contribution >= 0.6 is 11.6 Å². The smallest absolute Gasteiger partial charge is 0.263 e. The number of carbonyl (C=O) groups excluding carboxylic acids is 2. The molecule has 23 heavy (non-hydrogen) atoms. The van der Waals surface area contributed by atoms with Gasteiger partial charge in [0.1, 0.15) is 5.76 Å². The molecular formula is C17H14ClNO4. The summed E-state index contributed by atoms with van der Waals surface area (Å²) in [6, 6.07) is 8.19. The van der Waals surface area contributed by atoms with E-state index < -0.39 is 17.3 Å². The molecular weight excluding hydrogens is 318 g/mol. The average Bonchev–Trinajstić information content (AvgIpc) is 3.09. The summed E-state index contributed by atoms with van der Waals surface area (Å²) in [6.45, 7) is 0. The van der Waals surface area contributed by atoms with Crippen LogP contribution in [0, 0.1) is 0 Å². The van der Waals surface area contributed by atoms with Gasteiger partial charge in [-0.1, -0.05) is 11.6 Å². The zero-order valence-corrected chi connectivity index (χ0v) is 13.1. The Kier molecular flexibility index (Phi) is 3.83. The Morgan fingerprint density at radius 1 is 1.43 bits per heavy atom. The number of aliphatic hydroxyl groups is 1. The minimum atomic E-state index is -1.90. The number of rotatable bonds is 4. The Morgan fingerprint density at radius 3 is 2.91 bits per heavy atom. The molecule has 1 amide bonds. The minimum absolute atomic E-state index is 0.345. The molecule has 0 aliphatic carbocycles. The Balaban J connectivity index is 1.88. The van der Waals surface area contributed by atoms with Gasteiger partial charge in [0.2, 0.25) is 0 Å². The summed E-state index contributed by atoms with van der Waals surface area (Å²) in [7, 11) is 1.55. The van der Waals surface area contributed by atoms with Crippen molar-refractivity contribution in [1.82, 2.24) is 0 Å². The zero-order chi connectivity index (χ0) is 16.6. The maximum atomic E-state index is 12.4. The fraction of sp³-hybridized carbons (Fsp3) is 0.176. The number of allylic oxidation sites excluding steroid dienone is 1. The van der Waals surface area contributed by atoms with E-state index in [-0.39, 0.29) is 6.42 Å². The van der Waals surface area contributed by atoms with Crippen LogP contribution in [0.15, 0.2) is 47.1 Å². The molecule has 6 heteroatoms. The van der Waals surface area contributed by atoms with Gasteiger partial charge in [-0.2, -0.15) is 0 Å². The van der Waals surface area contributed by atoms with Gasteiger partial charge in [-0.3, -0.25) is 9.59 Å². The molecule has 0 fully saturated rings. The molecule has 1 aromatic heterocycles. The molecule has 0 bridgehead atoms. The van der Waals surface area contributed by atoms with Crippen LogP contribution in [-0.2, 0) is 15.2 Å². The molecule has 1 aliphatic rings. The Hall–Kier alpha value is -2.37. The van der Waals surface area contributed by atoms with Crippen molar-refractivity contribution in [3.63, 3.8) is 0 Å². The van der Waals surface area contributed by atoms with E-state index in [2.05, 4.69) is 0 Å². The van der Waals surface area contributed by atoms with Gasteiger partial charge < -0.3 is 14.4 Å². The highest BCUT2D eigenvalue weighted by Crippen LogP contribution is 2.42. The lowest BCUT2D eigenvalue weighted by Crippen LogP contribution is -2.40. The molecule has 0 saturated carbocycles. The van der Waals surface area contributed by atoms with Gasteiger partial charge >= 0.3 is 0 Å².